The van der Waals surface area contributed by atoms with E-state index >= 15 is 0 Å². The van der Waals surface area contributed by atoms with Crippen LogP contribution in [0.2, 0.25) is 0 Å². The highest BCUT2D eigenvalue weighted by Gasteiger charge is 2.31. The maximum atomic E-state index is 12.3. The quantitative estimate of drug-likeness (QED) is 0.569. The van der Waals surface area contributed by atoms with Crippen molar-refractivity contribution in [1.29, 1.82) is 0 Å². The van der Waals surface area contributed by atoms with Gasteiger partial charge in [-0.1, -0.05) is 25.1 Å². The molecule has 0 saturated carbocycles. The zero-order chi connectivity index (χ0) is 20.0. The molecule has 1 aromatic carbocycles. The van der Waals surface area contributed by atoms with Gasteiger partial charge in [-0.25, -0.2) is 4.98 Å². The van der Waals surface area contributed by atoms with E-state index in [0.29, 0.717) is 24.3 Å². The van der Waals surface area contributed by atoms with Crippen LogP contribution in [0.25, 0.3) is 0 Å². The molecule has 0 atom stereocenters. The minimum Gasteiger partial charge on any atom is -0.406 e. The topological polar surface area (TPSA) is 52.0 Å². The largest absolute Gasteiger partial charge is 0.573 e. The van der Waals surface area contributed by atoms with Gasteiger partial charge < -0.3 is 10.1 Å². The van der Waals surface area contributed by atoms with E-state index in [2.05, 4.69) is 32.4 Å². The van der Waals surface area contributed by atoms with Crippen molar-refractivity contribution in [2.45, 2.75) is 32.7 Å². The van der Waals surface area contributed by atoms with Crippen molar-refractivity contribution in [3.05, 3.63) is 70.4 Å². The molecule has 0 saturated heterocycles. The van der Waals surface area contributed by atoms with Gasteiger partial charge in [-0.05, 0) is 36.7 Å². The van der Waals surface area contributed by atoms with Crippen molar-refractivity contribution in [2.24, 2.45) is 0 Å². The molecule has 2 heterocycles. The molecule has 0 fully saturated rings. The summed E-state index contributed by atoms with van der Waals surface area (Å²) in [6.07, 6.45) is 2.06. The molecule has 3 aromatic rings. The third-order valence-electron chi connectivity index (χ3n) is 3.73. The average Bonchev–Trinajstić information content (AvgIpc) is 3.27. The number of alkyl halides is 3. The first-order valence-electron chi connectivity index (χ1n) is 8.64. The third kappa shape index (κ3) is 6.12. The highest BCUT2D eigenvalue weighted by molar-refractivity contribution is 7.09. The predicted octanol–water partition coefficient (Wildman–Crippen LogP) is 5.02. The number of benzene rings is 1. The zero-order valence-electron chi connectivity index (χ0n) is 15.1. The van der Waals surface area contributed by atoms with Crippen molar-refractivity contribution < 1.29 is 17.9 Å². The number of aryl methyl sites for hydroxylation is 1. The van der Waals surface area contributed by atoms with E-state index in [1.807, 2.05) is 12.3 Å². The van der Waals surface area contributed by atoms with Gasteiger partial charge in [0.05, 0.1) is 12.2 Å². The van der Waals surface area contributed by atoms with Gasteiger partial charge in [0.2, 0.25) is 0 Å². The standard InChI is InChI=1S/C19H19F3N4OS/c1-2-15-13-28-18(24-15)12-26-10-8-17(25-26)23-9-4-6-14-5-3-7-16(11-14)27-19(20,21)22/h3-5,7-11,13H,2,6,12H2,1H3,(H,23,25)/b9-4+. The molecule has 0 aliphatic rings. The summed E-state index contributed by atoms with van der Waals surface area (Å²) in [4.78, 5) is 4.51. The Balaban J connectivity index is 1.50. The van der Waals surface area contributed by atoms with Gasteiger partial charge in [0.25, 0.3) is 0 Å². The van der Waals surface area contributed by atoms with Crippen molar-refractivity contribution in [3.63, 3.8) is 0 Å². The highest BCUT2D eigenvalue weighted by Crippen LogP contribution is 2.23. The van der Waals surface area contributed by atoms with Gasteiger partial charge >= 0.3 is 6.36 Å². The monoisotopic (exact) mass is 408 g/mol. The minimum atomic E-state index is -4.69. The Kier molecular flexibility index (Phi) is 6.35. The maximum absolute atomic E-state index is 12.3. The summed E-state index contributed by atoms with van der Waals surface area (Å²) >= 11 is 1.61. The average molecular weight is 408 g/mol. The number of ether oxygens (including phenoxy) is 1. The number of nitrogens with zero attached hydrogens (tertiary/aromatic N) is 3. The summed E-state index contributed by atoms with van der Waals surface area (Å²) in [5.41, 5.74) is 1.79. The van der Waals surface area contributed by atoms with E-state index in [4.69, 9.17) is 0 Å². The molecule has 148 valence electrons. The van der Waals surface area contributed by atoms with Gasteiger partial charge in [0.15, 0.2) is 5.82 Å². The second-order valence-electron chi connectivity index (χ2n) is 5.93. The molecule has 1 N–H and O–H groups in total. The summed E-state index contributed by atoms with van der Waals surface area (Å²) in [6, 6.07) is 7.75. The molecule has 0 aliphatic heterocycles. The molecule has 5 nitrogen and oxygen atoms in total. The summed E-state index contributed by atoms with van der Waals surface area (Å²) in [6.45, 7) is 2.68. The lowest BCUT2D eigenvalue weighted by molar-refractivity contribution is -0.274. The van der Waals surface area contributed by atoms with Crippen LogP contribution >= 0.6 is 11.3 Å². The number of allylic oxidation sites excluding steroid dienone is 1. The van der Waals surface area contributed by atoms with Crippen LogP contribution < -0.4 is 10.1 Å². The molecular formula is C19H19F3N4OS. The van der Waals surface area contributed by atoms with Gasteiger partial charge in [-0.3, -0.25) is 4.68 Å². The smallest absolute Gasteiger partial charge is 0.406 e. The molecule has 2 aromatic heterocycles. The van der Waals surface area contributed by atoms with Crippen molar-refractivity contribution in [2.75, 3.05) is 5.32 Å². The maximum Gasteiger partial charge on any atom is 0.573 e. The third-order valence-corrected chi connectivity index (χ3v) is 4.62. The molecule has 3 rings (SSSR count). The second-order valence-corrected chi connectivity index (χ2v) is 6.87. The first-order chi connectivity index (χ1) is 13.4. The molecule has 0 aliphatic carbocycles. The van der Waals surface area contributed by atoms with Crippen LogP contribution in [0.15, 0.2) is 54.2 Å². The number of anilines is 1. The Morgan fingerprint density at radius 3 is 2.89 bits per heavy atom. The van der Waals surface area contributed by atoms with Gasteiger partial charge in [-0.2, -0.15) is 5.10 Å². The van der Waals surface area contributed by atoms with E-state index < -0.39 is 6.36 Å². The van der Waals surface area contributed by atoms with Crippen LogP contribution in [0, 0.1) is 0 Å². The number of halogens is 3. The summed E-state index contributed by atoms with van der Waals surface area (Å²) < 4.78 is 42.5. The molecule has 0 amide bonds. The van der Waals surface area contributed by atoms with E-state index in [0.717, 1.165) is 17.1 Å². The Hall–Kier alpha value is -2.81. The number of rotatable bonds is 8. The minimum absolute atomic E-state index is 0.224. The lowest BCUT2D eigenvalue weighted by atomic mass is 10.1. The molecule has 0 unspecified atom stereocenters. The number of aromatic nitrogens is 3. The fourth-order valence-corrected chi connectivity index (χ4v) is 3.33. The molecular weight excluding hydrogens is 389 g/mol. The second kappa shape index (κ2) is 8.92. The number of hydrogen-bond donors (Lipinski definition) is 1. The van der Waals surface area contributed by atoms with Crippen LogP contribution in [0.3, 0.4) is 0 Å². The van der Waals surface area contributed by atoms with Crippen LogP contribution in [0.1, 0.15) is 23.2 Å². The lowest BCUT2D eigenvalue weighted by Crippen LogP contribution is -2.17. The summed E-state index contributed by atoms with van der Waals surface area (Å²) in [5, 5.41) is 10.5. The molecule has 0 bridgehead atoms. The predicted molar refractivity (Wildman–Crippen MR) is 102 cm³/mol. The van der Waals surface area contributed by atoms with E-state index in [1.165, 1.54) is 18.2 Å². The van der Waals surface area contributed by atoms with Gasteiger partial charge in [-0.15, -0.1) is 24.5 Å². The number of thiazole rings is 1. The van der Waals surface area contributed by atoms with Crippen LogP contribution in [-0.2, 0) is 19.4 Å². The summed E-state index contributed by atoms with van der Waals surface area (Å²) in [7, 11) is 0. The van der Waals surface area contributed by atoms with Gasteiger partial charge in [0.1, 0.15) is 10.8 Å². The Bertz CT molecular complexity index is 933. The lowest BCUT2D eigenvalue weighted by Gasteiger charge is -2.09. The number of nitrogens with one attached hydrogen (secondary N) is 1. The Morgan fingerprint density at radius 2 is 2.14 bits per heavy atom. The van der Waals surface area contributed by atoms with Crippen LogP contribution in [0.4, 0.5) is 19.0 Å². The normalized spacial score (nSPS) is 11.9. The van der Waals surface area contributed by atoms with E-state index in [1.54, 1.807) is 34.4 Å². The molecule has 9 heteroatoms. The summed E-state index contributed by atoms with van der Waals surface area (Å²) in [5.74, 6) is 0.455. The van der Waals surface area contributed by atoms with E-state index in [-0.39, 0.29) is 5.75 Å². The highest BCUT2D eigenvalue weighted by atomic mass is 32.1. The van der Waals surface area contributed by atoms with Crippen molar-refractivity contribution >= 4 is 17.2 Å². The fraction of sp³-hybridized carbons (Fsp3) is 0.263. The molecule has 0 radical (unpaired) electrons. The first-order valence-corrected chi connectivity index (χ1v) is 9.52. The van der Waals surface area contributed by atoms with Crippen molar-refractivity contribution in [1.82, 2.24) is 14.8 Å². The van der Waals surface area contributed by atoms with Gasteiger partial charge in [0, 0.05) is 17.6 Å². The molecule has 28 heavy (non-hydrogen) atoms. The molecule has 0 spiro atoms. The van der Waals surface area contributed by atoms with Crippen LogP contribution in [0.5, 0.6) is 5.75 Å². The SMILES string of the molecule is CCc1csc(Cn2ccc(N/C=C/Cc3cccc(OC(F)(F)F)c3)n2)n1. The van der Waals surface area contributed by atoms with Crippen LogP contribution in [-0.4, -0.2) is 21.1 Å². The number of hydrogen-bond acceptors (Lipinski definition) is 5. The first kappa shape index (κ1) is 19.9. The Labute approximate surface area is 164 Å². The van der Waals surface area contributed by atoms with Crippen molar-refractivity contribution in [3.8, 4) is 5.75 Å². The van der Waals surface area contributed by atoms with E-state index in [9.17, 15) is 13.2 Å². The Morgan fingerprint density at radius 1 is 1.29 bits per heavy atom. The zero-order valence-corrected chi connectivity index (χ0v) is 15.9. The fourth-order valence-electron chi connectivity index (χ4n) is 2.46.